The quantitative estimate of drug-likeness (QED) is 0.906. The molecule has 0 radical (unpaired) electrons. The van der Waals surface area contributed by atoms with Gasteiger partial charge in [0.25, 0.3) is 0 Å². The van der Waals surface area contributed by atoms with Crippen molar-refractivity contribution in [3.05, 3.63) is 42.4 Å². The molecule has 1 saturated carbocycles. The summed E-state index contributed by atoms with van der Waals surface area (Å²) in [6, 6.07) is 8.46. The molecular formula is C17H20N2O. The molecule has 1 aliphatic carbocycles. The average Bonchev–Trinajstić information content (AvgIpc) is 3.08. The van der Waals surface area contributed by atoms with E-state index in [1.165, 1.54) is 30.4 Å². The Balaban J connectivity index is 1.74. The van der Waals surface area contributed by atoms with Gasteiger partial charge in [0.1, 0.15) is 0 Å². The number of imidazole rings is 1. The van der Waals surface area contributed by atoms with Crippen LogP contribution in [0.1, 0.15) is 43.7 Å². The minimum atomic E-state index is -0.299. The SMILES string of the molecule is O[C@@H](C1CCCCC1)[C@@H]1c2ccccc2-c2cncn21. The third kappa shape index (κ3) is 1.73. The summed E-state index contributed by atoms with van der Waals surface area (Å²) < 4.78 is 2.16. The molecule has 1 N–H and O–H groups in total. The molecule has 0 saturated heterocycles. The normalized spacial score (nSPS) is 23.4. The molecule has 0 bridgehead atoms. The number of aromatic nitrogens is 2. The van der Waals surface area contributed by atoms with Crippen LogP contribution in [0.5, 0.6) is 0 Å². The van der Waals surface area contributed by atoms with E-state index in [1.54, 1.807) is 0 Å². The molecule has 3 nitrogen and oxygen atoms in total. The maximum Gasteiger partial charge on any atom is 0.0957 e. The second kappa shape index (κ2) is 4.74. The Morgan fingerprint density at radius 2 is 1.95 bits per heavy atom. The van der Waals surface area contributed by atoms with Gasteiger partial charge in [0.05, 0.1) is 30.4 Å². The first-order valence-electron chi connectivity index (χ1n) is 7.65. The lowest BCUT2D eigenvalue weighted by atomic mass is 9.81. The number of aliphatic hydroxyl groups is 1. The van der Waals surface area contributed by atoms with E-state index < -0.39 is 0 Å². The van der Waals surface area contributed by atoms with Crippen molar-refractivity contribution in [1.29, 1.82) is 0 Å². The molecule has 20 heavy (non-hydrogen) atoms. The van der Waals surface area contributed by atoms with Crippen LogP contribution in [0, 0.1) is 5.92 Å². The Hall–Kier alpha value is -1.61. The van der Waals surface area contributed by atoms with Gasteiger partial charge in [0.15, 0.2) is 0 Å². The van der Waals surface area contributed by atoms with Gasteiger partial charge in [-0.25, -0.2) is 4.98 Å². The number of fused-ring (bicyclic) bond motifs is 3. The molecule has 2 aliphatic rings. The van der Waals surface area contributed by atoms with Crippen LogP contribution in [0.25, 0.3) is 11.3 Å². The summed E-state index contributed by atoms with van der Waals surface area (Å²) in [6.45, 7) is 0. The maximum absolute atomic E-state index is 10.9. The van der Waals surface area contributed by atoms with Crippen molar-refractivity contribution in [3.8, 4) is 11.3 Å². The molecule has 104 valence electrons. The third-order valence-corrected chi connectivity index (χ3v) is 4.98. The second-order valence-electron chi connectivity index (χ2n) is 6.11. The molecule has 1 aromatic heterocycles. The summed E-state index contributed by atoms with van der Waals surface area (Å²) in [7, 11) is 0. The van der Waals surface area contributed by atoms with E-state index in [0.29, 0.717) is 5.92 Å². The van der Waals surface area contributed by atoms with Gasteiger partial charge < -0.3 is 9.67 Å². The maximum atomic E-state index is 10.9. The van der Waals surface area contributed by atoms with Crippen LogP contribution >= 0.6 is 0 Å². The van der Waals surface area contributed by atoms with Gasteiger partial charge in [0.2, 0.25) is 0 Å². The lowest BCUT2D eigenvalue weighted by Gasteiger charge is -2.31. The average molecular weight is 268 g/mol. The highest BCUT2D eigenvalue weighted by molar-refractivity contribution is 5.69. The fraction of sp³-hybridized carbons (Fsp3) is 0.471. The molecule has 4 rings (SSSR count). The summed E-state index contributed by atoms with van der Waals surface area (Å²) in [5.74, 6) is 0.426. The van der Waals surface area contributed by atoms with E-state index in [-0.39, 0.29) is 12.1 Å². The predicted octanol–water partition coefficient (Wildman–Crippen LogP) is 3.39. The Bertz CT molecular complexity index is 613. The molecule has 2 atom stereocenters. The van der Waals surface area contributed by atoms with E-state index in [4.69, 9.17) is 0 Å². The van der Waals surface area contributed by atoms with Gasteiger partial charge in [-0.15, -0.1) is 0 Å². The van der Waals surface area contributed by atoms with Crippen LogP contribution in [-0.4, -0.2) is 20.8 Å². The first-order valence-corrected chi connectivity index (χ1v) is 7.65. The highest BCUT2D eigenvalue weighted by Crippen LogP contribution is 2.44. The molecule has 1 fully saturated rings. The van der Waals surface area contributed by atoms with Crippen LogP contribution in [0.4, 0.5) is 0 Å². The van der Waals surface area contributed by atoms with E-state index in [0.717, 1.165) is 18.5 Å². The van der Waals surface area contributed by atoms with Crippen molar-refractivity contribution in [1.82, 2.24) is 9.55 Å². The van der Waals surface area contributed by atoms with E-state index in [9.17, 15) is 5.11 Å². The lowest BCUT2D eigenvalue weighted by Crippen LogP contribution is -2.31. The van der Waals surface area contributed by atoms with Gasteiger partial charge in [0, 0.05) is 5.56 Å². The summed E-state index contributed by atoms with van der Waals surface area (Å²) in [5, 5.41) is 10.9. The number of hydrogen-bond acceptors (Lipinski definition) is 2. The smallest absolute Gasteiger partial charge is 0.0957 e. The monoisotopic (exact) mass is 268 g/mol. The van der Waals surface area contributed by atoms with E-state index >= 15 is 0 Å². The number of benzene rings is 1. The zero-order valence-electron chi connectivity index (χ0n) is 11.6. The van der Waals surface area contributed by atoms with Gasteiger partial charge in [-0.1, -0.05) is 43.5 Å². The Morgan fingerprint density at radius 3 is 2.80 bits per heavy atom. The van der Waals surface area contributed by atoms with E-state index in [1.807, 2.05) is 12.5 Å². The highest BCUT2D eigenvalue weighted by Gasteiger charge is 2.37. The number of rotatable bonds is 2. The zero-order chi connectivity index (χ0) is 13.5. The van der Waals surface area contributed by atoms with Gasteiger partial charge in [-0.2, -0.15) is 0 Å². The van der Waals surface area contributed by atoms with Crippen molar-refractivity contribution in [2.45, 2.75) is 44.2 Å². The number of hydrogen-bond donors (Lipinski definition) is 1. The Labute approximate surface area is 119 Å². The molecule has 3 heteroatoms. The van der Waals surface area contributed by atoms with Gasteiger partial charge >= 0.3 is 0 Å². The topological polar surface area (TPSA) is 38.1 Å². The molecule has 0 unspecified atom stereocenters. The zero-order valence-corrected chi connectivity index (χ0v) is 11.6. The lowest BCUT2D eigenvalue weighted by molar-refractivity contribution is 0.0536. The van der Waals surface area contributed by atoms with Crippen LogP contribution in [0.15, 0.2) is 36.8 Å². The Kier molecular flexibility index (Phi) is 2.88. The molecule has 0 amide bonds. The van der Waals surface area contributed by atoms with Crippen LogP contribution in [-0.2, 0) is 0 Å². The highest BCUT2D eigenvalue weighted by atomic mass is 16.3. The van der Waals surface area contributed by atoms with Crippen molar-refractivity contribution < 1.29 is 5.11 Å². The molecular weight excluding hydrogens is 248 g/mol. The summed E-state index contributed by atoms with van der Waals surface area (Å²) in [6.07, 6.45) is 9.62. The summed E-state index contributed by atoms with van der Waals surface area (Å²) in [5.41, 5.74) is 3.62. The minimum absolute atomic E-state index is 0.0480. The second-order valence-corrected chi connectivity index (χ2v) is 6.11. The molecule has 1 aliphatic heterocycles. The van der Waals surface area contributed by atoms with Crippen LogP contribution < -0.4 is 0 Å². The van der Waals surface area contributed by atoms with Crippen LogP contribution in [0.3, 0.4) is 0 Å². The minimum Gasteiger partial charge on any atom is -0.390 e. The number of nitrogens with zero attached hydrogens (tertiary/aromatic N) is 2. The first-order chi connectivity index (χ1) is 9.86. The van der Waals surface area contributed by atoms with Crippen molar-refractivity contribution in [3.63, 3.8) is 0 Å². The van der Waals surface area contributed by atoms with Crippen molar-refractivity contribution in [2.75, 3.05) is 0 Å². The molecule has 1 aromatic carbocycles. The third-order valence-electron chi connectivity index (χ3n) is 4.98. The Morgan fingerprint density at radius 1 is 1.15 bits per heavy atom. The van der Waals surface area contributed by atoms with Crippen molar-refractivity contribution >= 4 is 0 Å². The molecule has 0 spiro atoms. The summed E-state index contributed by atoms with van der Waals surface area (Å²) >= 11 is 0. The standard InChI is InChI=1S/C17H20N2O/c20-17(12-6-2-1-3-7-12)16-14-9-5-4-8-13(14)15-10-18-11-19(15)16/h4-5,8-12,16-17,20H,1-3,6-7H2/t16-,17-/m0/s1. The fourth-order valence-electron chi connectivity index (χ4n) is 3.95. The molecule has 2 aromatic rings. The first kappa shape index (κ1) is 12.2. The predicted molar refractivity (Wildman–Crippen MR) is 78.4 cm³/mol. The van der Waals surface area contributed by atoms with Gasteiger partial charge in [-0.05, 0) is 24.3 Å². The largest absolute Gasteiger partial charge is 0.390 e. The van der Waals surface area contributed by atoms with E-state index in [2.05, 4.69) is 33.8 Å². The summed E-state index contributed by atoms with van der Waals surface area (Å²) in [4.78, 5) is 4.27. The number of aliphatic hydroxyl groups excluding tert-OH is 1. The fourth-order valence-corrected chi connectivity index (χ4v) is 3.95. The molecule has 2 heterocycles. The van der Waals surface area contributed by atoms with Crippen LogP contribution in [0.2, 0.25) is 0 Å². The van der Waals surface area contributed by atoms with Crippen molar-refractivity contribution in [2.24, 2.45) is 5.92 Å². The van der Waals surface area contributed by atoms with Gasteiger partial charge in [-0.3, -0.25) is 0 Å².